The van der Waals surface area contributed by atoms with Gasteiger partial charge in [-0.2, -0.15) is 0 Å². The van der Waals surface area contributed by atoms with E-state index in [0.29, 0.717) is 6.04 Å². The maximum absolute atomic E-state index is 5.59. The van der Waals surface area contributed by atoms with Crippen molar-refractivity contribution < 1.29 is 4.74 Å². The largest absolute Gasteiger partial charge is 0.490 e. The molecule has 1 unspecified atom stereocenters. The summed E-state index contributed by atoms with van der Waals surface area (Å²) in [5.74, 6) is 2.50. The Kier molecular flexibility index (Phi) is 5.44. The standard InChI is InChI=1S/C15H26N4O/c1-4-9-16-14-13(20-3)15(18-11-17-14)19-10-7-5-6-8-12(19)2/h11-12H,4-10H2,1-3H3,(H,16,17,18). The molecular weight excluding hydrogens is 252 g/mol. The first-order valence-corrected chi connectivity index (χ1v) is 7.67. The van der Waals surface area contributed by atoms with Crippen molar-refractivity contribution in [2.75, 3.05) is 30.4 Å². The molecule has 20 heavy (non-hydrogen) atoms. The van der Waals surface area contributed by atoms with Gasteiger partial charge in [-0.05, 0) is 26.2 Å². The summed E-state index contributed by atoms with van der Waals surface area (Å²) < 4.78 is 5.59. The average molecular weight is 278 g/mol. The SMILES string of the molecule is CCCNc1ncnc(N2CCCCCC2C)c1OC. The van der Waals surface area contributed by atoms with E-state index < -0.39 is 0 Å². The molecule has 1 aliphatic rings. The fourth-order valence-corrected chi connectivity index (χ4v) is 2.72. The highest BCUT2D eigenvalue weighted by Gasteiger charge is 2.23. The topological polar surface area (TPSA) is 50.3 Å². The van der Waals surface area contributed by atoms with Crippen LogP contribution in [0.15, 0.2) is 6.33 Å². The van der Waals surface area contributed by atoms with Crippen LogP contribution in [0.5, 0.6) is 5.75 Å². The maximum Gasteiger partial charge on any atom is 0.204 e. The molecule has 1 fully saturated rings. The predicted octanol–water partition coefficient (Wildman–Crippen LogP) is 3.08. The van der Waals surface area contributed by atoms with Crippen LogP contribution in [0.3, 0.4) is 0 Å². The summed E-state index contributed by atoms with van der Waals surface area (Å²) in [5, 5.41) is 3.32. The Labute approximate surface area is 121 Å². The third-order valence-corrected chi connectivity index (χ3v) is 3.86. The van der Waals surface area contributed by atoms with Gasteiger partial charge in [0.05, 0.1) is 7.11 Å². The van der Waals surface area contributed by atoms with Crippen molar-refractivity contribution >= 4 is 11.6 Å². The number of nitrogens with zero attached hydrogens (tertiary/aromatic N) is 3. The van der Waals surface area contributed by atoms with Crippen LogP contribution in [-0.2, 0) is 0 Å². The second-order valence-electron chi connectivity index (χ2n) is 5.40. The van der Waals surface area contributed by atoms with E-state index in [0.717, 1.165) is 36.9 Å². The molecule has 1 saturated heterocycles. The molecule has 1 aromatic heterocycles. The Morgan fingerprint density at radius 1 is 1.35 bits per heavy atom. The van der Waals surface area contributed by atoms with E-state index in [1.54, 1.807) is 13.4 Å². The van der Waals surface area contributed by atoms with E-state index in [1.165, 1.54) is 25.7 Å². The first kappa shape index (κ1) is 14.9. The van der Waals surface area contributed by atoms with Gasteiger partial charge in [0.25, 0.3) is 0 Å². The van der Waals surface area contributed by atoms with Crippen molar-refractivity contribution in [1.82, 2.24) is 9.97 Å². The van der Waals surface area contributed by atoms with Gasteiger partial charge in [0.1, 0.15) is 6.33 Å². The van der Waals surface area contributed by atoms with Gasteiger partial charge in [-0.25, -0.2) is 9.97 Å². The smallest absolute Gasteiger partial charge is 0.204 e. The van der Waals surface area contributed by atoms with Crippen LogP contribution in [0, 0.1) is 0 Å². The predicted molar refractivity (Wildman–Crippen MR) is 82.6 cm³/mol. The average Bonchev–Trinajstić information content (AvgIpc) is 2.69. The number of methoxy groups -OCH3 is 1. The minimum Gasteiger partial charge on any atom is -0.490 e. The molecular formula is C15H26N4O. The molecule has 1 aromatic rings. The van der Waals surface area contributed by atoms with Gasteiger partial charge in [0.15, 0.2) is 11.6 Å². The molecule has 2 heterocycles. The second-order valence-corrected chi connectivity index (χ2v) is 5.40. The van der Waals surface area contributed by atoms with Gasteiger partial charge >= 0.3 is 0 Å². The van der Waals surface area contributed by atoms with Gasteiger partial charge in [-0.15, -0.1) is 0 Å². The zero-order chi connectivity index (χ0) is 14.4. The van der Waals surface area contributed by atoms with E-state index >= 15 is 0 Å². The molecule has 0 radical (unpaired) electrons. The summed E-state index contributed by atoms with van der Waals surface area (Å²) in [6, 6.07) is 0.500. The van der Waals surface area contributed by atoms with E-state index in [2.05, 4.69) is 34.0 Å². The van der Waals surface area contributed by atoms with Gasteiger partial charge < -0.3 is 15.0 Å². The van der Waals surface area contributed by atoms with Crippen LogP contribution in [0.1, 0.15) is 46.0 Å². The highest BCUT2D eigenvalue weighted by Crippen LogP contribution is 2.34. The van der Waals surface area contributed by atoms with Gasteiger partial charge in [-0.3, -0.25) is 0 Å². The van der Waals surface area contributed by atoms with Gasteiger partial charge in [0, 0.05) is 19.1 Å². The molecule has 5 nitrogen and oxygen atoms in total. The molecule has 1 N–H and O–H groups in total. The highest BCUT2D eigenvalue weighted by atomic mass is 16.5. The molecule has 0 aliphatic carbocycles. The number of hydrogen-bond donors (Lipinski definition) is 1. The van der Waals surface area contributed by atoms with Crippen LogP contribution in [0.2, 0.25) is 0 Å². The first-order valence-electron chi connectivity index (χ1n) is 7.67. The zero-order valence-corrected chi connectivity index (χ0v) is 12.9. The summed E-state index contributed by atoms with van der Waals surface area (Å²) >= 11 is 0. The molecule has 0 aromatic carbocycles. The number of aromatic nitrogens is 2. The molecule has 112 valence electrons. The van der Waals surface area contributed by atoms with Crippen molar-refractivity contribution in [2.45, 2.75) is 52.0 Å². The Bertz CT molecular complexity index is 424. The minimum atomic E-state index is 0.500. The quantitative estimate of drug-likeness (QED) is 0.897. The number of rotatable bonds is 5. The fourth-order valence-electron chi connectivity index (χ4n) is 2.72. The summed E-state index contributed by atoms with van der Waals surface area (Å²) in [7, 11) is 1.70. The lowest BCUT2D eigenvalue weighted by atomic mass is 10.1. The first-order chi connectivity index (χ1) is 9.77. The molecule has 1 aliphatic heterocycles. The second kappa shape index (κ2) is 7.31. The highest BCUT2D eigenvalue weighted by molar-refractivity contribution is 5.65. The molecule has 0 spiro atoms. The Morgan fingerprint density at radius 2 is 2.20 bits per heavy atom. The molecule has 0 amide bonds. The van der Waals surface area contributed by atoms with E-state index in [-0.39, 0.29) is 0 Å². The Hall–Kier alpha value is -1.52. The normalized spacial score (nSPS) is 19.6. The molecule has 5 heteroatoms. The molecule has 2 rings (SSSR count). The molecule has 0 bridgehead atoms. The van der Waals surface area contributed by atoms with E-state index in [9.17, 15) is 0 Å². The van der Waals surface area contributed by atoms with Gasteiger partial charge in [0.2, 0.25) is 5.75 Å². The third-order valence-electron chi connectivity index (χ3n) is 3.86. The third kappa shape index (κ3) is 3.32. The maximum atomic E-state index is 5.59. The zero-order valence-electron chi connectivity index (χ0n) is 12.9. The fraction of sp³-hybridized carbons (Fsp3) is 0.733. The van der Waals surface area contributed by atoms with Crippen LogP contribution < -0.4 is 15.0 Å². The Morgan fingerprint density at radius 3 is 2.95 bits per heavy atom. The van der Waals surface area contributed by atoms with Gasteiger partial charge in [-0.1, -0.05) is 19.8 Å². The van der Waals surface area contributed by atoms with E-state index in [4.69, 9.17) is 4.74 Å². The molecule has 1 atom stereocenters. The number of anilines is 2. The van der Waals surface area contributed by atoms with E-state index in [1.807, 2.05) is 0 Å². The van der Waals surface area contributed by atoms with Crippen LogP contribution in [0.4, 0.5) is 11.6 Å². The summed E-state index contributed by atoms with van der Waals surface area (Å²) in [4.78, 5) is 11.2. The van der Waals surface area contributed by atoms with Crippen LogP contribution in [0.25, 0.3) is 0 Å². The van der Waals surface area contributed by atoms with Crippen LogP contribution in [-0.4, -0.2) is 36.2 Å². The summed E-state index contributed by atoms with van der Waals surface area (Å²) in [6.45, 7) is 6.34. The van der Waals surface area contributed by atoms with Crippen molar-refractivity contribution in [3.05, 3.63) is 6.33 Å². The summed E-state index contributed by atoms with van der Waals surface area (Å²) in [5.41, 5.74) is 0. The lowest BCUT2D eigenvalue weighted by Crippen LogP contribution is -2.33. The van der Waals surface area contributed by atoms with Crippen molar-refractivity contribution in [2.24, 2.45) is 0 Å². The Balaban J connectivity index is 2.29. The number of nitrogens with one attached hydrogen (secondary N) is 1. The lowest BCUT2D eigenvalue weighted by Gasteiger charge is -2.29. The van der Waals surface area contributed by atoms with Crippen molar-refractivity contribution in [3.8, 4) is 5.75 Å². The lowest BCUT2D eigenvalue weighted by molar-refractivity contribution is 0.410. The monoisotopic (exact) mass is 278 g/mol. The summed E-state index contributed by atoms with van der Waals surface area (Å²) in [6.07, 6.45) is 7.72. The van der Waals surface area contributed by atoms with Crippen molar-refractivity contribution in [1.29, 1.82) is 0 Å². The van der Waals surface area contributed by atoms with Crippen molar-refractivity contribution in [3.63, 3.8) is 0 Å². The van der Waals surface area contributed by atoms with Crippen LogP contribution >= 0.6 is 0 Å². The number of hydrogen-bond acceptors (Lipinski definition) is 5. The minimum absolute atomic E-state index is 0.500. The number of ether oxygens (including phenoxy) is 1. The molecule has 0 saturated carbocycles.